The van der Waals surface area contributed by atoms with Gasteiger partial charge in [-0.05, 0) is 60.7 Å². The maximum Gasteiger partial charge on any atom is 0.258 e. The second kappa shape index (κ2) is 6.87. The van der Waals surface area contributed by atoms with Crippen LogP contribution in [0.25, 0.3) is 21.9 Å². The predicted octanol–water partition coefficient (Wildman–Crippen LogP) is 3.68. The number of benzene rings is 2. The number of aromatic nitrogens is 1. The highest BCUT2D eigenvalue weighted by molar-refractivity contribution is 7.92. The molecule has 0 amide bonds. The van der Waals surface area contributed by atoms with Gasteiger partial charge >= 0.3 is 0 Å². The number of aryl methyl sites for hydroxylation is 2. The van der Waals surface area contributed by atoms with Crippen LogP contribution >= 0.6 is 0 Å². The van der Waals surface area contributed by atoms with E-state index in [-0.39, 0.29) is 11.7 Å². The van der Waals surface area contributed by atoms with Crippen molar-refractivity contribution < 1.29 is 13.2 Å². The van der Waals surface area contributed by atoms with Crippen LogP contribution < -0.4 is 15.0 Å². The number of sulfonamides is 1. The van der Waals surface area contributed by atoms with E-state index in [4.69, 9.17) is 4.74 Å². The van der Waals surface area contributed by atoms with E-state index >= 15 is 0 Å². The van der Waals surface area contributed by atoms with Crippen LogP contribution in [0.2, 0.25) is 0 Å². The Morgan fingerprint density at radius 1 is 1.07 bits per heavy atom. The predicted molar refractivity (Wildman–Crippen MR) is 119 cm³/mol. The fourth-order valence-electron chi connectivity index (χ4n) is 4.43. The smallest absolute Gasteiger partial charge is 0.258 e. The van der Waals surface area contributed by atoms with Crippen LogP contribution in [0.5, 0.6) is 5.75 Å². The average molecular weight is 425 g/mol. The third-order valence-corrected chi connectivity index (χ3v) is 6.57. The molecule has 1 unspecified atom stereocenters. The zero-order valence-electron chi connectivity index (χ0n) is 17.0. The Labute approximate surface area is 175 Å². The third kappa shape index (κ3) is 3.47. The maximum absolute atomic E-state index is 12.6. The topological polar surface area (TPSA) is 77.4 Å². The molecule has 1 aliphatic carbocycles. The molecular formula is C23H24N2O4S. The summed E-state index contributed by atoms with van der Waals surface area (Å²) in [6.07, 6.45) is 7.34. The number of nitrogens with one attached hydrogen (secondary N) is 1. The summed E-state index contributed by atoms with van der Waals surface area (Å²) in [6.45, 7) is 0. The first-order valence-electron chi connectivity index (χ1n) is 10.2. The standard InChI is InChI=1S/C23H24N2O4S/c1-25-13-20(17-5-3-4-6-18(17)23(25)26)19-12-16(24-30(2,27)28)11-15-9-10-21(14-7-8-14)29-22(15)19/h3-6,11-14,21,24H,7-10H2,1-2H3. The summed E-state index contributed by atoms with van der Waals surface area (Å²) in [7, 11) is -1.69. The van der Waals surface area contributed by atoms with Crippen molar-refractivity contribution in [2.45, 2.75) is 31.8 Å². The highest BCUT2D eigenvalue weighted by atomic mass is 32.2. The van der Waals surface area contributed by atoms with Gasteiger partial charge < -0.3 is 9.30 Å². The molecule has 1 fully saturated rings. The number of rotatable bonds is 4. The van der Waals surface area contributed by atoms with Crippen molar-refractivity contribution >= 4 is 26.5 Å². The summed E-state index contributed by atoms with van der Waals surface area (Å²) >= 11 is 0. The molecule has 0 bridgehead atoms. The van der Waals surface area contributed by atoms with Gasteiger partial charge in [0.1, 0.15) is 11.9 Å². The lowest BCUT2D eigenvalue weighted by molar-refractivity contribution is 0.152. The molecule has 1 aliphatic heterocycles. The van der Waals surface area contributed by atoms with Gasteiger partial charge in [0.2, 0.25) is 10.0 Å². The maximum atomic E-state index is 12.6. The van der Waals surface area contributed by atoms with E-state index in [1.165, 1.54) is 12.8 Å². The van der Waals surface area contributed by atoms with Gasteiger partial charge in [-0.25, -0.2) is 8.42 Å². The van der Waals surface area contributed by atoms with Crippen LogP contribution in [0.15, 0.2) is 47.4 Å². The van der Waals surface area contributed by atoms with E-state index in [9.17, 15) is 13.2 Å². The Hall–Kier alpha value is -2.80. The fourth-order valence-corrected chi connectivity index (χ4v) is 4.97. The van der Waals surface area contributed by atoms with E-state index < -0.39 is 10.0 Å². The monoisotopic (exact) mass is 424 g/mol. The Kier molecular flexibility index (Phi) is 4.39. The minimum Gasteiger partial charge on any atom is -0.489 e. The Bertz CT molecular complexity index is 1320. The van der Waals surface area contributed by atoms with Crippen molar-refractivity contribution in [1.29, 1.82) is 0 Å². The van der Waals surface area contributed by atoms with Crippen molar-refractivity contribution in [3.63, 3.8) is 0 Å². The Balaban J connectivity index is 1.76. The van der Waals surface area contributed by atoms with Gasteiger partial charge in [0.15, 0.2) is 0 Å². The molecule has 1 aromatic heterocycles. The number of ether oxygens (including phenoxy) is 1. The number of anilines is 1. The zero-order valence-corrected chi connectivity index (χ0v) is 17.8. The lowest BCUT2D eigenvalue weighted by atomic mass is 9.92. The van der Waals surface area contributed by atoms with Crippen LogP contribution in [0.4, 0.5) is 5.69 Å². The molecule has 1 saturated carbocycles. The highest BCUT2D eigenvalue weighted by Crippen LogP contribution is 2.46. The van der Waals surface area contributed by atoms with E-state index in [1.807, 2.05) is 42.6 Å². The molecular weight excluding hydrogens is 400 g/mol. The second-order valence-electron chi connectivity index (χ2n) is 8.42. The molecule has 2 aliphatic rings. The van der Waals surface area contributed by atoms with Gasteiger partial charge in [-0.3, -0.25) is 9.52 Å². The highest BCUT2D eigenvalue weighted by Gasteiger charge is 2.36. The van der Waals surface area contributed by atoms with E-state index in [0.717, 1.165) is 46.9 Å². The molecule has 2 aromatic carbocycles. The lowest BCUT2D eigenvalue weighted by Crippen LogP contribution is -2.25. The SMILES string of the molecule is Cn1cc(-c2cc(NS(C)(=O)=O)cc3c2OC(C2CC2)CC3)c2ccccc2c1=O. The molecule has 3 aromatic rings. The van der Waals surface area contributed by atoms with E-state index in [2.05, 4.69) is 4.72 Å². The fraction of sp³-hybridized carbons (Fsp3) is 0.348. The van der Waals surface area contributed by atoms with Gasteiger partial charge in [0, 0.05) is 35.4 Å². The van der Waals surface area contributed by atoms with Crippen LogP contribution in [0, 0.1) is 5.92 Å². The Morgan fingerprint density at radius 2 is 1.80 bits per heavy atom. The summed E-state index contributed by atoms with van der Waals surface area (Å²) in [6, 6.07) is 11.2. The molecule has 0 saturated heterocycles. The molecule has 1 atom stereocenters. The summed E-state index contributed by atoms with van der Waals surface area (Å²) < 4.78 is 34.4. The van der Waals surface area contributed by atoms with Crippen molar-refractivity contribution in [2.75, 3.05) is 11.0 Å². The number of fused-ring (bicyclic) bond motifs is 2. The molecule has 5 rings (SSSR count). The summed E-state index contributed by atoms with van der Waals surface area (Å²) in [4.78, 5) is 12.6. The normalized spacial score (nSPS) is 18.7. The summed E-state index contributed by atoms with van der Waals surface area (Å²) in [5.74, 6) is 1.41. The lowest BCUT2D eigenvalue weighted by Gasteiger charge is -2.29. The van der Waals surface area contributed by atoms with Crippen molar-refractivity contribution in [2.24, 2.45) is 13.0 Å². The van der Waals surface area contributed by atoms with Crippen molar-refractivity contribution in [3.8, 4) is 16.9 Å². The molecule has 6 nitrogen and oxygen atoms in total. The van der Waals surface area contributed by atoms with Gasteiger partial charge in [0.05, 0.1) is 6.26 Å². The number of pyridine rings is 1. The minimum atomic E-state index is -3.42. The second-order valence-corrected chi connectivity index (χ2v) is 10.2. The van der Waals surface area contributed by atoms with Gasteiger partial charge in [-0.1, -0.05) is 18.2 Å². The number of hydrogen-bond acceptors (Lipinski definition) is 4. The molecule has 156 valence electrons. The third-order valence-electron chi connectivity index (χ3n) is 5.97. The number of nitrogens with zero attached hydrogens (tertiary/aromatic N) is 1. The zero-order chi connectivity index (χ0) is 21.0. The van der Waals surface area contributed by atoms with E-state index in [0.29, 0.717) is 17.0 Å². The molecule has 0 radical (unpaired) electrons. The van der Waals surface area contributed by atoms with Gasteiger partial charge in [0.25, 0.3) is 5.56 Å². The van der Waals surface area contributed by atoms with Crippen LogP contribution in [-0.2, 0) is 23.5 Å². The first-order valence-corrected chi connectivity index (χ1v) is 12.1. The first-order chi connectivity index (χ1) is 14.3. The average Bonchev–Trinajstić information content (AvgIpc) is 3.54. The summed E-state index contributed by atoms with van der Waals surface area (Å²) in [5, 5.41) is 1.46. The Morgan fingerprint density at radius 3 is 2.50 bits per heavy atom. The number of hydrogen-bond donors (Lipinski definition) is 1. The van der Waals surface area contributed by atoms with Crippen LogP contribution in [0.1, 0.15) is 24.8 Å². The first kappa shape index (κ1) is 19.2. The molecule has 0 spiro atoms. The van der Waals surface area contributed by atoms with Crippen molar-refractivity contribution in [3.05, 3.63) is 58.5 Å². The molecule has 2 heterocycles. The van der Waals surface area contributed by atoms with Gasteiger partial charge in [-0.2, -0.15) is 0 Å². The van der Waals surface area contributed by atoms with Crippen LogP contribution in [-0.4, -0.2) is 25.3 Å². The quantitative estimate of drug-likeness (QED) is 0.693. The van der Waals surface area contributed by atoms with Gasteiger partial charge in [-0.15, -0.1) is 0 Å². The largest absolute Gasteiger partial charge is 0.489 e. The van der Waals surface area contributed by atoms with Crippen LogP contribution in [0.3, 0.4) is 0 Å². The summed E-state index contributed by atoms with van der Waals surface area (Å²) in [5.41, 5.74) is 3.12. The molecule has 30 heavy (non-hydrogen) atoms. The van der Waals surface area contributed by atoms with Crippen molar-refractivity contribution in [1.82, 2.24) is 4.57 Å². The minimum absolute atomic E-state index is 0.0644. The van der Waals surface area contributed by atoms with E-state index in [1.54, 1.807) is 11.6 Å². The molecule has 1 N–H and O–H groups in total. The molecule has 7 heteroatoms.